The van der Waals surface area contributed by atoms with Crippen LogP contribution < -0.4 is 0 Å². The van der Waals surface area contributed by atoms with Crippen molar-refractivity contribution in [2.24, 2.45) is 0 Å². The lowest BCUT2D eigenvalue weighted by Gasteiger charge is -2.31. The molecule has 1 N–H and O–H groups in total. The number of nitrogens with one attached hydrogen (secondary N) is 1. The van der Waals surface area contributed by atoms with Crippen LogP contribution in [0, 0.1) is 6.92 Å². The first-order valence-electron chi connectivity index (χ1n) is 7.43. The van der Waals surface area contributed by atoms with Crippen LogP contribution in [0.25, 0.3) is 5.65 Å². The summed E-state index contributed by atoms with van der Waals surface area (Å²) in [5.74, 6) is 0.660. The minimum atomic E-state index is -0.240. The molecule has 1 aliphatic rings. The Morgan fingerprint density at radius 2 is 2.30 bits per heavy atom. The number of hydrogen-bond donors (Lipinski definition) is 1. The summed E-state index contributed by atoms with van der Waals surface area (Å²) in [6.45, 7) is 3.41. The number of H-pyrrole nitrogens is 1. The molecule has 0 spiro atoms. The predicted octanol–water partition coefficient (Wildman–Crippen LogP) is 0.975. The van der Waals surface area contributed by atoms with Crippen molar-refractivity contribution in [2.45, 2.75) is 13.0 Å². The number of ether oxygens (including phenoxy) is 1. The lowest BCUT2D eigenvalue weighted by atomic mass is 10.2. The van der Waals surface area contributed by atoms with Crippen LogP contribution in [0.15, 0.2) is 30.9 Å². The highest BCUT2D eigenvalue weighted by molar-refractivity contribution is 5.99. The van der Waals surface area contributed by atoms with Gasteiger partial charge in [-0.1, -0.05) is 0 Å². The van der Waals surface area contributed by atoms with Crippen LogP contribution in [0.5, 0.6) is 0 Å². The second-order valence-corrected chi connectivity index (χ2v) is 5.51. The molecule has 1 amide bonds. The minimum absolute atomic E-state index is 0.0877. The van der Waals surface area contributed by atoms with Crippen molar-refractivity contribution < 1.29 is 9.53 Å². The SMILES string of the molecule is Cc1cnc([C@@H]2CN(C(=O)c3cnn4cccnc34)CCO2)[nH]1. The van der Waals surface area contributed by atoms with E-state index in [0.29, 0.717) is 30.9 Å². The number of aromatic nitrogens is 5. The number of imidazole rings is 1. The summed E-state index contributed by atoms with van der Waals surface area (Å²) in [5, 5.41) is 4.17. The van der Waals surface area contributed by atoms with E-state index in [1.165, 1.54) is 0 Å². The first-order chi connectivity index (χ1) is 11.2. The van der Waals surface area contributed by atoms with Crippen LogP contribution in [0.4, 0.5) is 0 Å². The van der Waals surface area contributed by atoms with Crippen molar-refractivity contribution in [1.29, 1.82) is 0 Å². The Labute approximate surface area is 132 Å². The van der Waals surface area contributed by atoms with Gasteiger partial charge in [0.15, 0.2) is 5.65 Å². The Balaban J connectivity index is 1.58. The highest BCUT2D eigenvalue weighted by Gasteiger charge is 2.29. The summed E-state index contributed by atoms with van der Waals surface area (Å²) in [5.41, 5.74) is 2.04. The third-order valence-electron chi connectivity index (χ3n) is 3.89. The van der Waals surface area contributed by atoms with Crippen molar-refractivity contribution >= 4 is 11.6 Å². The maximum Gasteiger partial charge on any atom is 0.259 e. The van der Waals surface area contributed by atoms with E-state index in [2.05, 4.69) is 20.1 Å². The van der Waals surface area contributed by atoms with Crippen molar-refractivity contribution in [3.8, 4) is 0 Å². The molecule has 0 unspecified atom stereocenters. The number of rotatable bonds is 2. The third-order valence-corrected chi connectivity index (χ3v) is 3.89. The highest BCUT2D eigenvalue weighted by Crippen LogP contribution is 2.21. The molecular formula is C15H16N6O2. The van der Waals surface area contributed by atoms with E-state index < -0.39 is 0 Å². The highest BCUT2D eigenvalue weighted by atomic mass is 16.5. The van der Waals surface area contributed by atoms with Crippen LogP contribution in [0.3, 0.4) is 0 Å². The number of hydrogen-bond acceptors (Lipinski definition) is 5. The van der Waals surface area contributed by atoms with Crippen LogP contribution in [-0.2, 0) is 4.74 Å². The number of nitrogens with zero attached hydrogens (tertiary/aromatic N) is 5. The molecule has 8 nitrogen and oxygen atoms in total. The molecule has 4 heterocycles. The van der Waals surface area contributed by atoms with E-state index in [-0.39, 0.29) is 12.0 Å². The second-order valence-electron chi connectivity index (χ2n) is 5.51. The average molecular weight is 312 g/mol. The summed E-state index contributed by atoms with van der Waals surface area (Å²) in [4.78, 5) is 26.3. The zero-order chi connectivity index (χ0) is 15.8. The molecule has 4 rings (SSSR count). The molecule has 3 aromatic rings. The van der Waals surface area contributed by atoms with E-state index in [1.54, 1.807) is 40.3 Å². The molecule has 1 saturated heterocycles. The number of carbonyl (C=O) groups excluding carboxylic acids is 1. The van der Waals surface area contributed by atoms with Gasteiger partial charge in [0, 0.05) is 30.8 Å². The van der Waals surface area contributed by atoms with Gasteiger partial charge in [-0.15, -0.1) is 0 Å². The van der Waals surface area contributed by atoms with Crippen LogP contribution in [0.2, 0.25) is 0 Å². The van der Waals surface area contributed by atoms with Crippen molar-refractivity contribution in [1.82, 2.24) is 29.5 Å². The van der Waals surface area contributed by atoms with E-state index in [0.717, 1.165) is 11.5 Å². The van der Waals surface area contributed by atoms with Gasteiger partial charge in [-0.25, -0.2) is 14.5 Å². The van der Waals surface area contributed by atoms with E-state index in [9.17, 15) is 4.79 Å². The lowest BCUT2D eigenvalue weighted by Crippen LogP contribution is -2.42. The van der Waals surface area contributed by atoms with Gasteiger partial charge < -0.3 is 14.6 Å². The summed E-state index contributed by atoms with van der Waals surface area (Å²) in [6, 6.07) is 1.78. The zero-order valence-corrected chi connectivity index (χ0v) is 12.6. The molecule has 0 aliphatic carbocycles. The number of carbonyl (C=O) groups is 1. The van der Waals surface area contributed by atoms with Gasteiger partial charge in [-0.05, 0) is 13.0 Å². The molecule has 23 heavy (non-hydrogen) atoms. The zero-order valence-electron chi connectivity index (χ0n) is 12.6. The van der Waals surface area contributed by atoms with Gasteiger partial charge in [0.2, 0.25) is 0 Å². The molecule has 0 radical (unpaired) electrons. The third kappa shape index (κ3) is 2.46. The molecule has 118 valence electrons. The van der Waals surface area contributed by atoms with Crippen LogP contribution in [-0.4, -0.2) is 55.1 Å². The van der Waals surface area contributed by atoms with E-state index in [1.807, 2.05) is 6.92 Å². The summed E-state index contributed by atoms with van der Waals surface area (Å²) >= 11 is 0. The Hall–Kier alpha value is -2.74. The Morgan fingerprint density at radius 1 is 1.39 bits per heavy atom. The first-order valence-corrected chi connectivity index (χ1v) is 7.43. The van der Waals surface area contributed by atoms with Crippen LogP contribution in [0.1, 0.15) is 28.0 Å². The fourth-order valence-electron chi connectivity index (χ4n) is 2.74. The molecule has 0 saturated carbocycles. The van der Waals surface area contributed by atoms with Gasteiger partial charge in [0.25, 0.3) is 5.91 Å². The monoisotopic (exact) mass is 312 g/mol. The number of amides is 1. The molecule has 1 atom stereocenters. The Kier molecular flexibility index (Phi) is 3.30. The number of aryl methyl sites for hydroxylation is 1. The Bertz CT molecular complexity index is 854. The number of fused-ring (bicyclic) bond motifs is 1. The van der Waals surface area contributed by atoms with Crippen molar-refractivity contribution in [2.75, 3.05) is 19.7 Å². The molecular weight excluding hydrogens is 296 g/mol. The predicted molar refractivity (Wildman–Crippen MR) is 80.9 cm³/mol. The smallest absolute Gasteiger partial charge is 0.259 e. The van der Waals surface area contributed by atoms with Crippen LogP contribution >= 0.6 is 0 Å². The topological polar surface area (TPSA) is 88.4 Å². The maximum atomic E-state index is 12.8. The van der Waals surface area contributed by atoms with Crippen molar-refractivity contribution in [3.05, 3.63) is 47.9 Å². The van der Waals surface area contributed by atoms with Crippen molar-refractivity contribution in [3.63, 3.8) is 0 Å². The summed E-state index contributed by atoms with van der Waals surface area (Å²) < 4.78 is 7.34. The fraction of sp³-hybridized carbons (Fsp3) is 0.333. The Morgan fingerprint density at radius 3 is 3.13 bits per heavy atom. The standard InChI is InChI=1S/C15H16N6O2/c1-10-7-17-13(19-10)12-9-20(5-6-23-12)15(22)11-8-18-21-4-2-3-16-14(11)21/h2-4,7-8,12H,5-6,9H2,1H3,(H,17,19)/t12-/m0/s1. The molecule has 1 fully saturated rings. The average Bonchev–Trinajstić information content (AvgIpc) is 3.20. The van der Waals surface area contributed by atoms with Gasteiger partial charge in [0.05, 0.1) is 19.3 Å². The van der Waals surface area contributed by atoms with Gasteiger partial charge in [0.1, 0.15) is 17.5 Å². The maximum absolute atomic E-state index is 12.8. The fourth-order valence-corrected chi connectivity index (χ4v) is 2.74. The van der Waals surface area contributed by atoms with Gasteiger partial charge in [-0.3, -0.25) is 4.79 Å². The normalized spacial score (nSPS) is 18.5. The molecule has 3 aromatic heterocycles. The van der Waals surface area contributed by atoms with E-state index in [4.69, 9.17) is 4.74 Å². The summed E-state index contributed by atoms with van der Waals surface area (Å²) in [6.07, 6.45) is 6.51. The molecule has 8 heteroatoms. The minimum Gasteiger partial charge on any atom is -0.367 e. The molecule has 1 aliphatic heterocycles. The van der Waals surface area contributed by atoms with Gasteiger partial charge >= 0.3 is 0 Å². The van der Waals surface area contributed by atoms with E-state index >= 15 is 0 Å². The quantitative estimate of drug-likeness (QED) is 0.762. The largest absolute Gasteiger partial charge is 0.367 e. The number of morpholine rings is 1. The number of aromatic amines is 1. The molecule has 0 aromatic carbocycles. The second kappa shape index (κ2) is 5.47. The molecule has 0 bridgehead atoms. The first kappa shape index (κ1) is 13.9. The lowest BCUT2D eigenvalue weighted by molar-refractivity contribution is -0.0264. The van der Waals surface area contributed by atoms with Gasteiger partial charge in [-0.2, -0.15) is 5.10 Å². The summed E-state index contributed by atoms with van der Waals surface area (Å²) in [7, 11) is 0.